The molecule has 11 heavy (non-hydrogen) atoms. The lowest BCUT2D eigenvalue weighted by molar-refractivity contribution is -0.0950. The molecule has 1 atom stereocenters. The number of rotatable bonds is 2. The highest BCUT2D eigenvalue weighted by Gasteiger charge is 2.41. The Bertz CT molecular complexity index is 128. The molecule has 0 aromatic carbocycles. The summed E-state index contributed by atoms with van der Waals surface area (Å²) in [6.07, 6.45) is 0.501. The van der Waals surface area contributed by atoms with Crippen LogP contribution in [0.3, 0.4) is 0 Å². The predicted octanol–water partition coefficient (Wildman–Crippen LogP) is 0.878. The minimum atomic E-state index is -2.59. The first-order valence-corrected chi connectivity index (χ1v) is 3.74. The van der Waals surface area contributed by atoms with Crippen molar-refractivity contribution in [3.05, 3.63) is 0 Å². The van der Waals surface area contributed by atoms with Crippen molar-refractivity contribution in [3.63, 3.8) is 0 Å². The van der Waals surface area contributed by atoms with Crippen molar-refractivity contribution in [1.82, 2.24) is 5.32 Å². The van der Waals surface area contributed by atoms with E-state index >= 15 is 0 Å². The molecule has 0 saturated carbocycles. The zero-order chi connectivity index (χ0) is 8.32. The molecule has 1 fully saturated rings. The predicted molar refractivity (Wildman–Crippen MR) is 37.8 cm³/mol. The Morgan fingerprint density at radius 1 is 1.64 bits per heavy atom. The van der Waals surface area contributed by atoms with Crippen LogP contribution in [0.15, 0.2) is 0 Å². The van der Waals surface area contributed by atoms with E-state index in [1.165, 1.54) is 7.11 Å². The maximum atomic E-state index is 12.9. The Morgan fingerprint density at radius 3 is 2.91 bits per heavy atom. The van der Waals surface area contributed by atoms with Gasteiger partial charge in [0.15, 0.2) is 0 Å². The molecular formula is C7H13F2NO. The quantitative estimate of drug-likeness (QED) is 0.655. The largest absolute Gasteiger partial charge is 0.384 e. The van der Waals surface area contributed by atoms with E-state index < -0.39 is 11.8 Å². The van der Waals surface area contributed by atoms with Crippen molar-refractivity contribution in [2.24, 2.45) is 5.92 Å². The zero-order valence-corrected chi connectivity index (χ0v) is 6.57. The Kier molecular flexibility index (Phi) is 2.78. The first-order valence-electron chi connectivity index (χ1n) is 3.74. The summed E-state index contributed by atoms with van der Waals surface area (Å²) >= 11 is 0. The Hall–Kier alpha value is -0.220. The molecule has 0 amide bonds. The Morgan fingerprint density at radius 2 is 2.36 bits per heavy atom. The molecule has 0 aromatic rings. The van der Waals surface area contributed by atoms with Gasteiger partial charge in [0, 0.05) is 13.0 Å². The maximum Gasteiger partial charge on any atom is 0.265 e. The summed E-state index contributed by atoms with van der Waals surface area (Å²) in [7, 11) is 1.46. The Labute approximate surface area is 64.9 Å². The van der Waals surface area contributed by atoms with Gasteiger partial charge in [0.1, 0.15) is 0 Å². The molecule has 1 aliphatic heterocycles. The number of ether oxygens (including phenoxy) is 1. The van der Waals surface area contributed by atoms with Gasteiger partial charge >= 0.3 is 0 Å². The van der Waals surface area contributed by atoms with Crippen LogP contribution in [0.4, 0.5) is 8.78 Å². The highest BCUT2D eigenvalue weighted by molar-refractivity contribution is 4.84. The average Bonchev–Trinajstić information content (AvgIpc) is 1.94. The van der Waals surface area contributed by atoms with Gasteiger partial charge in [0.25, 0.3) is 5.92 Å². The van der Waals surface area contributed by atoms with Crippen molar-refractivity contribution in [2.45, 2.75) is 12.3 Å². The fourth-order valence-corrected chi connectivity index (χ4v) is 1.29. The van der Waals surface area contributed by atoms with Crippen LogP contribution in [0.1, 0.15) is 6.42 Å². The second kappa shape index (κ2) is 3.45. The summed E-state index contributed by atoms with van der Waals surface area (Å²) in [6, 6.07) is 0. The van der Waals surface area contributed by atoms with Gasteiger partial charge in [-0.15, -0.1) is 0 Å². The maximum absolute atomic E-state index is 12.9. The smallest absolute Gasteiger partial charge is 0.265 e. The monoisotopic (exact) mass is 165 g/mol. The molecule has 0 spiro atoms. The molecule has 2 nitrogen and oxygen atoms in total. The van der Waals surface area contributed by atoms with Crippen molar-refractivity contribution in [3.8, 4) is 0 Å². The molecular weight excluding hydrogens is 152 g/mol. The number of hydrogen-bond acceptors (Lipinski definition) is 2. The highest BCUT2D eigenvalue weighted by atomic mass is 19.3. The second-order valence-electron chi connectivity index (χ2n) is 2.88. The Balaban J connectivity index is 2.45. The van der Waals surface area contributed by atoms with Crippen molar-refractivity contribution < 1.29 is 13.5 Å². The number of nitrogens with one attached hydrogen (secondary N) is 1. The third-order valence-electron chi connectivity index (χ3n) is 2.00. The van der Waals surface area contributed by atoms with Gasteiger partial charge in [-0.2, -0.15) is 0 Å². The molecule has 1 saturated heterocycles. The SMILES string of the molecule is COCC1CCNCC1(F)F. The van der Waals surface area contributed by atoms with E-state index in [1.807, 2.05) is 0 Å². The van der Waals surface area contributed by atoms with Crippen LogP contribution < -0.4 is 5.32 Å². The zero-order valence-electron chi connectivity index (χ0n) is 6.57. The molecule has 1 aliphatic rings. The van der Waals surface area contributed by atoms with E-state index in [-0.39, 0.29) is 13.2 Å². The lowest BCUT2D eigenvalue weighted by atomic mass is 9.95. The van der Waals surface area contributed by atoms with Gasteiger partial charge < -0.3 is 10.1 Å². The molecule has 4 heteroatoms. The molecule has 1 rings (SSSR count). The topological polar surface area (TPSA) is 21.3 Å². The van der Waals surface area contributed by atoms with Crippen LogP contribution >= 0.6 is 0 Å². The van der Waals surface area contributed by atoms with Gasteiger partial charge in [-0.1, -0.05) is 0 Å². The number of halogens is 2. The molecule has 1 unspecified atom stereocenters. The minimum Gasteiger partial charge on any atom is -0.384 e. The summed E-state index contributed by atoms with van der Waals surface area (Å²) < 4.78 is 30.5. The molecule has 1 heterocycles. The number of alkyl halides is 2. The first-order chi connectivity index (χ1) is 5.17. The summed E-state index contributed by atoms with van der Waals surface area (Å²) in [5.41, 5.74) is 0. The van der Waals surface area contributed by atoms with E-state index in [1.54, 1.807) is 0 Å². The number of methoxy groups -OCH3 is 1. The minimum absolute atomic E-state index is 0.161. The van der Waals surface area contributed by atoms with Gasteiger partial charge in [-0.05, 0) is 13.0 Å². The fourth-order valence-electron chi connectivity index (χ4n) is 1.29. The summed E-state index contributed by atoms with van der Waals surface area (Å²) in [5, 5.41) is 2.66. The van der Waals surface area contributed by atoms with Gasteiger partial charge in [-0.25, -0.2) is 8.78 Å². The van der Waals surface area contributed by atoms with E-state index in [4.69, 9.17) is 4.74 Å². The molecule has 0 radical (unpaired) electrons. The molecule has 66 valence electrons. The van der Waals surface area contributed by atoms with Crippen molar-refractivity contribution in [2.75, 3.05) is 26.8 Å². The van der Waals surface area contributed by atoms with Crippen molar-refractivity contribution in [1.29, 1.82) is 0 Å². The average molecular weight is 165 g/mol. The number of hydrogen-bond donors (Lipinski definition) is 1. The van der Waals surface area contributed by atoms with Crippen LogP contribution in [-0.4, -0.2) is 32.7 Å². The summed E-state index contributed by atoms with van der Waals surface area (Å²) in [4.78, 5) is 0. The lowest BCUT2D eigenvalue weighted by Crippen LogP contribution is -2.47. The fraction of sp³-hybridized carbons (Fsp3) is 1.00. The van der Waals surface area contributed by atoms with E-state index in [0.717, 1.165) is 0 Å². The van der Waals surface area contributed by atoms with Gasteiger partial charge in [0.05, 0.1) is 13.2 Å². The van der Waals surface area contributed by atoms with Crippen LogP contribution in [0, 0.1) is 5.92 Å². The second-order valence-corrected chi connectivity index (χ2v) is 2.88. The summed E-state index contributed by atoms with van der Waals surface area (Å²) in [6.45, 7) is 0.624. The third kappa shape index (κ3) is 2.10. The van der Waals surface area contributed by atoms with Crippen LogP contribution in [0.5, 0.6) is 0 Å². The number of piperidine rings is 1. The van der Waals surface area contributed by atoms with Crippen LogP contribution in [0.2, 0.25) is 0 Å². The van der Waals surface area contributed by atoms with E-state index in [0.29, 0.717) is 13.0 Å². The summed E-state index contributed by atoms with van der Waals surface area (Å²) in [5.74, 6) is -3.19. The van der Waals surface area contributed by atoms with Crippen molar-refractivity contribution >= 4 is 0 Å². The normalized spacial score (nSPS) is 30.3. The van der Waals surface area contributed by atoms with Gasteiger partial charge in [-0.3, -0.25) is 0 Å². The van der Waals surface area contributed by atoms with Crippen LogP contribution in [-0.2, 0) is 4.74 Å². The standard InChI is InChI=1S/C7H13F2NO/c1-11-4-6-2-3-10-5-7(6,8)9/h6,10H,2-5H2,1H3. The van der Waals surface area contributed by atoms with Gasteiger partial charge in [0.2, 0.25) is 0 Å². The van der Waals surface area contributed by atoms with E-state index in [9.17, 15) is 8.78 Å². The molecule has 0 aliphatic carbocycles. The van der Waals surface area contributed by atoms with Crippen LogP contribution in [0.25, 0.3) is 0 Å². The first kappa shape index (κ1) is 8.87. The lowest BCUT2D eigenvalue weighted by Gasteiger charge is -2.31. The third-order valence-corrected chi connectivity index (χ3v) is 2.00. The highest BCUT2D eigenvalue weighted by Crippen LogP contribution is 2.29. The van der Waals surface area contributed by atoms with E-state index in [2.05, 4.69) is 5.32 Å². The molecule has 1 N–H and O–H groups in total. The molecule has 0 aromatic heterocycles. The molecule has 0 bridgehead atoms.